The van der Waals surface area contributed by atoms with Crippen molar-refractivity contribution >= 4 is 23.4 Å². The summed E-state index contributed by atoms with van der Waals surface area (Å²) < 4.78 is 0. The van der Waals surface area contributed by atoms with E-state index in [1.54, 1.807) is 24.3 Å². The van der Waals surface area contributed by atoms with Gasteiger partial charge in [-0.1, -0.05) is 0 Å². The van der Waals surface area contributed by atoms with Crippen LogP contribution in [0.5, 0.6) is 0 Å². The predicted molar refractivity (Wildman–Crippen MR) is 74.8 cm³/mol. The number of benzene rings is 1. The van der Waals surface area contributed by atoms with Crippen LogP contribution in [0, 0.1) is 11.3 Å². The number of carbonyl (C=O) groups is 1. The highest BCUT2D eigenvalue weighted by molar-refractivity contribution is 7.99. The Balaban J connectivity index is 2.25. The number of carbonyl (C=O) groups excluding carboxylic acids is 1. The molecule has 1 aromatic carbocycles. The average Bonchev–Trinajstić information content (AvgIpc) is 2.44. The lowest BCUT2D eigenvalue weighted by Crippen LogP contribution is -2.16. The third kappa shape index (κ3) is 6.25. The van der Waals surface area contributed by atoms with E-state index in [4.69, 9.17) is 15.5 Å². The van der Waals surface area contributed by atoms with Crippen molar-refractivity contribution in [3.8, 4) is 6.07 Å². The second-order valence-electron chi connectivity index (χ2n) is 3.90. The van der Waals surface area contributed by atoms with Gasteiger partial charge in [0.1, 0.15) is 0 Å². The number of nitriles is 1. The van der Waals surface area contributed by atoms with Crippen molar-refractivity contribution < 1.29 is 15.0 Å². The van der Waals surface area contributed by atoms with E-state index in [1.807, 2.05) is 6.07 Å². The fourth-order valence-electron chi connectivity index (χ4n) is 1.29. The Hall–Kier alpha value is -1.55. The standard InChI is InChI=1S/C13H16N2O3S/c14-7-10-1-3-11(4-2-10)15-13(18)5-6-19-9-12(17)8-16/h1-4,12,16-17H,5-6,8-9H2,(H,15,18). The van der Waals surface area contributed by atoms with Gasteiger partial charge in [0.2, 0.25) is 5.91 Å². The Labute approximate surface area is 116 Å². The summed E-state index contributed by atoms with van der Waals surface area (Å²) in [5.41, 5.74) is 1.20. The summed E-state index contributed by atoms with van der Waals surface area (Å²) in [4.78, 5) is 11.6. The molecular formula is C13H16N2O3S. The first-order valence-electron chi connectivity index (χ1n) is 5.82. The summed E-state index contributed by atoms with van der Waals surface area (Å²) in [6.07, 6.45) is -0.394. The van der Waals surface area contributed by atoms with Crippen molar-refractivity contribution in [2.24, 2.45) is 0 Å². The molecular weight excluding hydrogens is 264 g/mol. The van der Waals surface area contributed by atoms with Crippen molar-refractivity contribution in [1.82, 2.24) is 0 Å². The van der Waals surface area contributed by atoms with Crippen LogP contribution in [0.4, 0.5) is 5.69 Å². The van der Waals surface area contributed by atoms with Crippen LogP contribution in [0.2, 0.25) is 0 Å². The van der Waals surface area contributed by atoms with E-state index in [2.05, 4.69) is 5.32 Å². The molecule has 0 radical (unpaired) electrons. The Bertz CT molecular complexity index is 442. The van der Waals surface area contributed by atoms with Crippen LogP contribution in [0.3, 0.4) is 0 Å². The summed E-state index contributed by atoms with van der Waals surface area (Å²) in [5, 5.41) is 29.1. The molecule has 1 amide bonds. The monoisotopic (exact) mass is 280 g/mol. The van der Waals surface area contributed by atoms with E-state index in [-0.39, 0.29) is 12.5 Å². The second-order valence-corrected chi connectivity index (χ2v) is 5.05. The number of hydrogen-bond donors (Lipinski definition) is 3. The number of amides is 1. The van der Waals surface area contributed by atoms with E-state index in [0.29, 0.717) is 29.2 Å². The van der Waals surface area contributed by atoms with Gasteiger partial charge in [-0.25, -0.2) is 0 Å². The highest BCUT2D eigenvalue weighted by Crippen LogP contribution is 2.10. The summed E-state index contributed by atoms with van der Waals surface area (Å²) in [6, 6.07) is 8.65. The highest BCUT2D eigenvalue weighted by Gasteiger charge is 2.05. The molecule has 0 bridgehead atoms. The number of aliphatic hydroxyl groups is 2. The van der Waals surface area contributed by atoms with Crippen LogP contribution in [0.15, 0.2) is 24.3 Å². The largest absolute Gasteiger partial charge is 0.394 e. The molecule has 1 aromatic rings. The molecule has 3 N–H and O–H groups in total. The van der Waals surface area contributed by atoms with Crippen molar-refractivity contribution in [3.05, 3.63) is 29.8 Å². The SMILES string of the molecule is N#Cc1ccc(NC(=O)CCSCC(O)CO)cc1. The Morgan fingerprint density at radius 2 is 2.11 bits per heavy atom. The normalized spacial score (nSPS) is 11.6. The molecule has 0 aliphatic heterocycles. The summed E-state index contributed by atoms with van der Waals surface area (Å²) in [7, 11) is 0. The fraction of sp³-hybridized carbons (Fsp3) is 0.385. The molecule has 0 aliphatic carbocycles. The molecule has 0 heterocycles. The Morgan fingerprint density at radius 1 is 1.42 bits per heavy atom. The summed E-state index contributed by atoms with van der Waals surface area (Å²) >= 11 is 1.42. The molecule has 1 unspecified atom stereocenters. The van der Waals surface area contributed by atoms with Crippen LogP contribution >= 0.6 is 11.8 Å². The van der Waals surface area contributed by atoms with Crippen molar-refractivity contribution in [1.29, 1.82) is 5.26 Å². The number of nitrogens with one attached hydrogen (secondary N) is 1. The smallest absolute Gasteiger partial charge is 0.225 e. The first-order chi connectivity index (χ1) is 9.15. The number of aliphatic hydroxyl groups excluding tert-OH is 2. The zero-order valence-electron chi connectivity index (χ0n) is 10.4. The summed E-state index contributed by atoms with van der Waals surface area (Å²) in [6.45, 7) is -0.259. The van der Waals surface area contributed by atoms with Crippen molar-refractivity contribution in [2.75, 3.05) is 23.4 Å². The Kier molecular flexibility index (Phi) is 6.97. The fourth-order valence-corrected chi connectivity index (χ4v) is 2.16. The van der Waals surface area contributed by atoms with Crippen LogP contribution in [0.25, 0.3) is 0 Å². The number of hydrogen-bond acceptors (Lipinski definition) is 5. The minimum absolute atomic E-state index is 0.115. The topological polar surface area (TPSA) is 93.4 Å². The number of thioether (sulfide) groups is 1. The van der Waals surface area contributed by atoms with Crippen LogP contribution in [-0.2, 0) is 4.79 Å². The van der Waals surface area contributed by atoms with E-state index in [1.165, 1.54) is 11.8 Å². The first kappa shape index (κ1) is 15.5. The number of anilines is 1. The lowest BCUT2D eigenvalue weighted by Gasteiger charge is -2.07. The maximum absolute atomic E-state index is 11.6. The molecule has 6 heteroatoms. The van der Waals surface area contributed by atoms with Crippen LogP contribution in [-0.4, -0.2) is 40.3 Å². The minimum Gasteiger partial charge on any atom is -0.394 e. The van der Waals surface area contributed by atoms with Gasteiger partial charge in [0.05, 0.1) is 24.3 Å². The van der Waals surface area contributed by atoms with Crippen LogP contribution < -0.4 is 5.32 Å². The molecule has 0 aromatic heterocycles. The molecule has 0 saturated carbocycles. The van der Waals surface area contributed by atoms with E-state index < -0.39 is 6.10 Å². The van der Waals surface area contributed by atoms with E-state index >= 15 is 0 Å². The maximum Gasteiger partial charge on any atom is 0.225 e. The van der Waals surface area contributed by atoms with Gasteiger partial charge in [0.15, 0.2) is 0 Å². The lowest BCUT2D eigenvalue weighted by atomic mass is 10.2. The summed E-state index contributed by atoms with van der Waals surface area (Å²) in [5.74, 6) is 0.885. The van der Waals surface area contributed by atoms with Gasteiger partial charge in [-0.05, 0) is 24.3 Å². The third-order valence-electron chi connectivity index (χ3n) is 2.29. The van der Waals surface area contributed by atoms with Crippen molar-refractivity contribution in [2.45, 2.75) is 12.5 Å². The zero-order chi connectivity index (χ0) is 14.1. The molecule has 0 aliphatic rings. The average molecular weight is 280 g/mol. The predicted octanol–water partition coefficient (Wildman–Crippen LogP) is 0.973. The zero-order valence-corrected chi connectivity index (χ0v) is 11.2. The highest BCUT2D eigenvalue weighted by atomic mass is 32.2. The molecule has 0 spiro atoms. The lowest BCUT2D eigenvalue weighted by molar-refractivity contribution is -0.115. The molecule has 1 rings (SSSR count). The maximum atomic E-state index is 11.6. The van der Waals surface area contributed by atoms with Crippen molar-refractivity contribution in [3.63, 3.8) is 0 Å². The minimum atomic E-state index is -0.730. The molecule has 0 saturated heterocycles. The second kappa shape index (κ2) is 8.53. The first-order valence-corrected chi connectivity index (χ1v) is 6.98. The van der Waals surface area contributed by atoms with Gasteiger partial charge >= 0.3 is 0 Å². The van der Waals surface area contributed by atoms with Gasteiger partial charge in [0, 0.05) is 23.6 Å². The molecule has 5 nitrogen and oxygen atoms in total. The van der Waals surface area contributed by atoms with Gasteiger partial charge in [-0.2, -0.15) is 17.0 Å². The van der Waals surface area contributed by atoms with Gasteiger partial charge in [-0.15, -0.1) is 0 Å². The number of rotatable bonds is 7. The van der Waals surface area contributed by atoms with Gasteiger partial charge in [-0.3, -0.25) is 4.79 Å². The molecule has 1 atom stereocenters. The third-order valence-corrected chi connectivity index (χ3v) is 3.41. The molecule has 19 heavy (non-hydrogen) atoms. The quantitative estimate of drug-likeness (QED) is 0.647. The molecule has 102 valence electrons. The Morgan fingerprint density at radius 3 is 2.68 bits per heavy atom. The van der Waals surface area contributed by atoms with E-state index in [0.717, 1.165) is 0 Å². The van der Waals surface area contributed by atoms with Gasteiger partial charge in [0.25, 0.3) is 0 Å². The van der Waals surface area contributed by atoms with Gasteiger partial charge < -0.3 is 15.5 Å². The number of nitrogens with zero attached hydrogens (tertiary/aromatic N) is 1. The van der Waals surface area contributed by atoms with Crippen LogP contribution in [0.1, 0.15) is 12.0 Å². The molecule has 0 fully saturated rings. The van der Waals surface area contributed by atoms with E-state index in [9.17, 15) is 4.79 Å².